The van der Waals surface area contributed by atoms with Crippen molar-refractivity contribution in [1.82, 2.24) is 0 Å². The van der Waals surface area contributed by atoms with Crippen LogP contribution in [0.5, 0.6) is 0 Å². The van der Waals surface area contributed by atoms with Crippen molar-refractivity contribution < 1.29 is 48.4 Å². The number of hydrogen-bond acceptors (Lipinski definition) is 4. The standard InChI is InChI=1S/C11H10O4S.Na.H/c1-2-11(12)15-16(13,14)9-8-10-6-4-3-5-7-10;;/h2-9H,1H2;;/q;+1;-1. The van der Waals surface area contributed by atoms with Crippen molar-refractivity contribution in [1.29, 1.82) is 0 Å². The van der Waals surface area contributed by atoms with Crippen LogP contribution in [0.3, 0.4) is 0 Å². The van der Waals surface area contributed by atoms with Crippen LogP contribution < -0.4 is 29.6 Å². The molecule has 0 N–H and O–H groups in total. The molecule has 1 aromatic rings. The Morgan fingerprint density at radius 2 is 1.88 bits per heavy atom. The average molecular weight is 262 g/mol. The molecule has 0 unspecified atom stereocenters. The normalized spacial score (nSPS) is 10.6. The van der Waals surface area contributed by atoms with E-state index in [9.17, 15) is 13.2 Å². The second-order valence-electron chi connectivity index (χ2n) is 2.81. The Hall–Kier alpha value is -0.880. The van der Waals surface area contributed by atoms with Crippen molar-refractivity contribution in [2.24, 2.45) is 0 Å². The van der Waals surface area contributed by atoms with Crippen LogP contribution in [0.2, 0.25) is 0 Å². The molecule has 6 heteroatoms. The monoisotopic (exact) mass is 262 g/mol. The van der Waals surface area contributed by atoms with Gasteiger partial charge in [0.05, 0.1) is 5.41 Å². The van der Waals surface area contributed by atoms with E-state index in [4.69, 9.17) is 0 Å². The van der Waals surface area contributed by atoms with Gasteiger partial charge in [0.15, 0.2) is 0 Å². The average Bonchev–Trinajstić information content (AvgIpc) is 2.27. The van der Waals surface area contributed by atoms with E-state index < -0.39 is 16.1 Å². The first-order valence-corrected chi connectivity index (χ1v) is 5.84. The van der Waals surface area contributed by atoms with Crippen molar-refractivity contribution in [2.45, 2.75) is 0 Å². The van der Waals surface area contributed by atoms with E-state index in [2.05, 4.69) is 10.8 Å². The third kappa shape index (κ3) is 6.43. The molecule has 0 fully saturated rings. The van der Waals surface area contributed by atoms with Crippen molar-refractivity contribution in [3.05, 3.63) is 54.0 Å². The Balaban J connectivity index is 0. The molecule has 0 spiro atoms. The quantitative estimate of drug-likeness (QED) is 0.390. The number of carbonyl (C=O) groups is 1. The summed E-state index contributed by atoms with van der Waals surface area (Å²) in [4.78, 5) is 10.7. The van der Waals surface area contributed by atoms with Crippen LogP contribution in [0.15, 0.2) is 48.4 Å². The summed E-state index contributed by atoms with van der Waals surface area (Å²) in [6.45, 7) is 3.10. The van der Waals surface area contributed by atoms with Crippen LogP contribution in [0.1, 0.15) is 6.99 Å². The van der Waals surface area contributed by atoms with Crippen LogP contribution in [0.4, 0.5) is 0 Å². The third-order valence-electron chi connectivity index (χ3n) is 1.59. The fraction of sp³-hybridized carbons (Fsp3) is 0. The molecule has 0 aliphatic rings. The summed E-state index contributed by atoms with van der Waals surface area (Å²) in [7, 11) is -3.99. The number of benzene rings is 1. The second-order valence-corrected chi connectivity index (χ2v) is 4.24. The maximum atomic E-state index is 11.2. The van der Waals surface area contributed by atoms with Crippen molar-refractivity contribution in [3.63, 3.8) is 0 Å². The molecule has 0 aromatic heterocycles. The molecule has 0 saturated carbocycles. The topological polar surface area (TPSA) is 60.4 Å². The van der Waals surface area contributed by atoms with Gasteiger partial charge in [0, 0.05) is 6.08 Å². The van der Waals surface area contributed by atoms with E-state index >= 15 is 0 Å². The van der Waals surface area contributed by atoms with Crippen molar-refractivity contribution in [2.75, 3.05) is 0 Å². The number of carbonyl (C=O) groups excluding carboxylic acids is 1. The first-order valence-electron chi connectivity index (χ1n) is 4.37. The SMILES string of the molecule is C=CC(=O)OS(=O)(=O)C=Cc1ccccc1.[H-].[Na+]. The number of hydrogen-bond donors (Lipinski definition) is 0. The van der Waals surface area contributed by atoms with E-state index in [1.54, 1.807) is 24.3 Å². The van der Waals surface area contributed by atoms with Crippen LogP contribution in [0.25, 0.3) is 6.08 Å². The van der Waals surface area contributed by atoms with E-state index in [0.717, 1.165) is 11.5 Å². The fourth-order valence-corrected chi connectivity index (χ4v) is 1.58. The minimum Gasteiger partial charge on any atom is -1.00 e. The van der Waals surface area contributed by atoms with E-state index in [1.165, 1.54) is 6.08 Å². The van der Waals surface area contributed by atoms with Crippen molar-refractivity contribution in [3.8, 4) is 0 Å². The molecule has 1 rings (SSSR count). The minimum atomic E-state index is -3.99. The van der Waals surface area contributed by atoms with Crippen LogP contribution in [-0.4, -0.2) is 14.4 Å². The molecule has 86 valence electrons. The first-order chi connectivity index (χ1) is 7.53. The van der Waals surface area contributed by atoms with Gasteiger partial charge >= 0.3 is 45.6 Å². The third-order valence-corrected chi connectivity index (χ3v) is 2.46. The summed E-state index contributed by atoms with van der Waals surface area (Å²) >= 11 is 0. The summed E-state index contributed by atoms with van der Waals surface area (Å²) < 4.78 is 26.5. The van der Waals surface area contributed by atoms with Gasteiger partial charge in [-0.1, -0.05) is 36.9 Å². The summed E-state index contributed by atoms with van der Waals surface area (Å²) in [5, 5.41) is 0.823. The zero-order valence-corrected chi connectivity index (χ0v) is 12.2. The predicted octanol–water partition coefficient (Wildman–Crippen LogP) is -1.17. The molecule has 0 atom stereocenters. The Bertz CT molecular complexity index is 511. The molecule has 0 radical (unpaired) electrons. The Morgan fingerprint density at radius 3 is 2.41 bits per heavy atom. The zero-order valence-electron chi connectivity index (χ0n) is 10.4. The van der Waals surface area contributed by atoms with Gasteiger partial charge in [0.2, 0.25) is 0 Å². The molecule has 1 aromatic carbocycles. The minimum absolute atomic E-state index is 0. The van der Waals surface area contributed by atoms with Crippen LogP contribution >= 0.6 is 0 Å². The molecule has 0 aliphatic heterocycles. The molecule has 17 heavy (non-hydrogen) atoms. The van der Waals surface area contributed by atoms with Gasteiger partial charge in [-0.2, -0.15) is 8.42 Å². The van der Waals surface area contributed by atoms with Gasteiger partial charge in [-0.05, 0) is 11.6 Å². The fourth-order valence-electron chi connectivity index (χ4n) is 0.902. The molecule has 0 bridgehead atoms. The summed E-state index contributed by atoms with van der Waals surface area (Å²) in [5.74, 6) is -1.00. The largest absolute Gasteiger partial charge is 1.00 e. The predicted molar refractivity (Wildman–Crippen MR) is 61.8 cm³/mol. The Kier molecular flexibility index (Phi) is 7.06. The van der Waals surface area contributed by atoms with Crippen molar-refractivity contribution >= 4 is 22.2 Å². The maximum Gasteiger partial charge on any atom is 1.00 e. The van der Waals surface area contributed by atoms with Crippen LogP contribution in [-0.2, 0) is 19.1 Å². The van der Waals surface area contributed by atoms with Gasteiger partial charge in [-0.25, -0.2) is 4.79 Å². The number of rotatable bonds is 4. The summed E-state index contributed by atoms with van der Waals surface area (Å²) in [6.07, 6.45) is 2.12. The maximum absolute atomic E-state index is 11.2. The second kappa shape index (κ2) is 7.45. The Labute approximate surface area is 124 Å². The first kappa shape index (κ1) is 16.1. The molecule has 0 heterocycles. The molecular weight excluding hydrogens is 251 g/mol. The van der Waals surface area contributed by atoms with E-state index in [-0.39, 0.29) is 31.0 Å². The zero-order chi connectivity index (χ0) is 12.0. The smallest absolute Gasteiger partial charge is 1.00 e. The van der Waals surface area contributed by atoms with Gasteiger partial charge in [0.25, 0.3) is 0 Å². The Morgan fingerprint density at radius 1 is 1.29 bits per heavy atom. The molecule has 4 nitrogen and oxygen atoms in total. The van der Waals surface area contributed by atoms with Gasteiger partial charge in [0.1, 0.15) is 0 Å². The molecule has 0 amide bonds. The molecular formula is C11H11NaO4S. The molecule has 0 aliphatic carbocycles. The van der Waals surface area contributed by atoms with Gasteiger partial charge < -0.3 is 5.61 Å². The van der Waals surface area contributed by atoms with Crippen LogP contribution in [0, 0.1) is 0 Å². The summed E-state index contributed by atoms with van der Waals surface area (Å²) in [6, 6.07) is 8.79. The van der Waals surface area contributed by atoms with E-state index in [0.29, 0.717) is 5.56 Å². The van der Waals surface area contributed by atoms with Gasteiger partial charge in [-0.3, -0.25) is 0 Å². The van der Waals surface area contributed by atoms with Gasteiger partial charge in [-0.15, -0.1) is 0 Å². The molecule has 0 saturated heterocycles. The summed E-state index contributed by atoms with van der Waals surface area (Å²) in [5.41, 5.74) is 0.695. The van der Waals surface area contributed by atoms with E-state index in [1.807, 2.05) is 6.07 Å².